The Bertz CT molecular complexity index is 2760. The molecular weight excluding hydrogens is 1080 g/mol. The predicted octanol–water partition coefficient (Wildman–Crippen LogP) is 5.71. The number of aromatic nitrogens is 4. The number of benzene rings is 3. The molecule has 0 aliphatic rings. The summed E-state index contributed by atoms with van der Waals surface area (Å²) in [4.78, 5) is 90.9. The Morgan fingerprint density at radius 3 is 1.62 bits per heavy atom. The number of halogens is 2. The lowest BCUT2D eigenvalue weighted by atomic mass is 9.66. The third kappa shape index (κ3) is 25.6. The second-order valence-electron chi connectivity index (χ2n) is 21.0. The second kappa shape index (κ2) is 35.6. The van der Waals surface area contributed by atoms with E-state index in [1.54, 1.807) is 6.07 Å². The van der Waals surface area contributed by atoms with E-state index in [0.717, 1.165) is 11.1 Å². The molecule has 0 unspecified atom stereocenters. The highest BCUT2D eigenvalue weighted by atomic mass is 35.5. The zero-order valence-electron chi connectivity index (χ0n) is 46.6. The number of rotatable bonds is 28. The standard InChI is InChI=1S/C21H28BN3O5.C20H26BN3O4.C15H20BCl2NO4/c1-13(2)9-16(22(29)30)10-19(27)20(14(3)26)25-21(28)18-12-23-11-17(24-18)15-7-5-4-6-8-15;1-14(2)10-16(21(27)28)12-19(25)17(11-15-6-4-3-5-7-15)24-20(26)18-13-22-8-9-23-18;1-9(2)5-10(16(22)23)6-12(20)8-19-15(21)13-7-11(17)3-4-14(13)18/h4-8,11-14,16,20,26,29-30H,9-10H2,1-3H3,(H,25,28);3-9,13-14,16-17,27-28H,10-12H2,1-2H3,(H,24,26);3-4,7,9-10,22-23H,5-6,8H2,1-2H3,(H,19,21)/t14-,16-,20+;16-,17+;10-/m111/s1. The SMILES string of the molecule is CC(C)C[C@H](CC(=O)CNC(=O)c1cc(Cl)ccc1Cl)B(O)O.CC(C)C[C@H](CC(=O)[C@@H](NC(=O)c1cncc(-c2ccccc2)n1)[C@@H](C)O)B(O)O.CC(C)C[C@H](CC(=O)[C@H](Cc1ccccc1)NC(=O)c1cnccn1)B(O)O. The summed E-state index contributed by atoms with van der Waals surface area (Å²) >= 11 is 11.7. The lowest BCUT2D eigenvalue weighted by Crippen LogP contribution is -2.48. The van der Waals surface area contributed by atoms with E-state index in [1.165, 1.54) is 50.0 Å². The fourth-order valence-corrected chi connectivity index (χ4v) is 8.87. The van der Waals surface area contributed by atoms with Crippen molar-refractivity contribution in [2.24, 2.45) is 17.8 Å². The summed E-state index contributed by atoms with van der Waals surface area (Å²) in [5, 5.41) is 75.4. The van der Waals surface area contributed by atoms with Crippen LogP contribution in [0.5, 0.6) is 0 Å². The van der Waals surface area contributed by atoms with E-state index in [1.807, 2.05) is 102 Å². The first-order valence-electron chi connectivity index (χ1n) is 26.6. The smallest absolute Gasteiger partial charge is 0.427 e. The number of hydrogen-bond acceptors (Lipinski definition) is 17. The molecule has 3 amide bonds. The molecular formula is C56H74B3Cl2N7O13. The first kappa shape index (κ1) is 69.0. The molecule has 20 nitrogen and oxygen atoms in total. The van der Waals surface area contributed by atoms with Crippen molar-refractivity contribution in [1.82, 2.24) is 35.9 Å². The van der Waals surface area contributed by atoms with Gasteiger partial charge in [0.05, 0.1) is 53.6 Å². The van der Waals surface area contributed by atoms with E-state index in [0.29, 0.717) is 36.4 Å². The number of Topliss-reactive ketones (excluding diaryl/α,β-unsaturated/α-hetero) is 3. The van der Waals surface area contributed by atoms with Crippen LogP contribution in [0.3, 0.4) is 0 Å². The van der Waals surface area contributed by atoms with Gasteiger partial charge in [-0.2, -0.15) is 0 Å². The van der Waals surface area contributed by atoms with Gasteiger partial charge in [-0.1, -0.05) is 125 Å². The summed E-state index contributed by atoms with van der Waals surface area (Å²) < 4.78 is 0. The number of hydrogen-bond donors (Lipinski definition) is 10. The maximum atomic E-state index is 12.9. The molecule has 2 aromatic heterocycles. The molecule has 0 aliphatic heterocycles. The van der Waals surface area contributed by atoms with Crippen LogP contribution in [0.2, 0.25) is 27.5 Å². The van der Waals surface area contributed by atoms with Crippen LogP contribution in [-0.4, -0.2) is 136 Å². The number of carbonyl (C=O) groups is 6. The van der Waals surface area contributed by atoms with Crippen molar-refractivity contribution < 1.29 is 64.0 Å². The van der Waals surface area contributed by atoms with Crippen LogP contribution in [0.25, 0.3) is 11.3 Å². The van der Waals surface area contributed by atoms with E-state index in [9.17, 15) is 64.0 Å². The molecule has 3 aromatic carbocycles. The summed E-state index contributed by atoms with van der Waals surface area (Å²) in [7, 11) is -4.80. The fraction of sp³-hybridized carbons (Fsp3) is 0.429. The maximum absolute atomic E-state index is 12.9. The molecule has 0 aliphatic carbocycles. The topological polar surface area (TPSA) is 332 Å². The van der Waals surface area contributed by atoms with Gasteiger partial charge < -0.3 is 51.2 Å². The predicted molar refractivity (Wildman–Crippen MR) is 312 cm³/mol. The Hall–Kier alpha value is -6.27. The number of nitrogens with one attached hydrogen (secondary N) is 3. The summed E-state index contributed by atoms with van der Waals surface area (Å²) in [5.41, 5.74) is 2.50. The van der Waals surface area contributed by atoms with Crippen molar-refractivity contribution in [3.05, 3.63) is 142 Å². The Kier molecular flexibility index (Phi) is 30.3. The van der Waals surface area contributed by atoms with Gasteiger partial charge in [0, 0.05) is 59.7 Å². The Morgan fingerprint density at radius 1 is 0.580 bits per heavy atom. The first-order chi connectivity index (χ1) is 38.2. The van der Waals surface area contributed by atoms with Crippen LogP contribution in [0.1, 0.15) is 124 Å². The average Bonchev–Trinajstić information content (AvgIpc) is 3.44. The van der Waals surface area contributed by atoms with Crippen molar-refractivity contribution in [2.75, 3.05) is 6.54 Å². The summed E-state index contributed by atoms with van der Waals surface area (Å²) in [6, 6.07) is 21.0. The molecule has 0 radical (unpaired) electrons. The molecule has 2 heterocycles. The van der Waals surface area contributed by atoms with E-state index >= 15 is 0 Å². The quantitative estimate of drug-likeness (QED) is 0.0268. The second-order valence-corrected chi connectivity index (χ2v) is 21.8. The molecule has 6 atom stereocenters. The summed E-state index contributed by atoms with van der Waals surface area (Å²) in [5.74, 6) is -3.88. The van der Waals surface area contributed by atoms with E-state index in [2.05, 4.69) is 35.9 Å². The number of ketones is 3. The van der Waals surface area contributed by atoms with Crippen LogP contribution >= 0.6 is 23.2 Å². The van der Waals surface area contributed by atoms with Gasteiger partial charge in [-0.25, -0.2) is 9.97 Å². The van der Waals surface area contributed by atoms with E-state index in [4.69, 9.17) is 23.2 Å². The van der Waals surface area contributed by atoms with Crippen LogP contribution < -0.4 is 16.0 Å². The lowest BCUT2D eigenvalue weighted by Gasteiger charge is -2.23. The lowest BCUT2D eigenvalue weighted by molar-refractivity contribution is -0.123. The van der Waals surface area contributed by atoms with Gasteiger partial charge in [-0.15, -0.1) is 0 Å². The maximum Gasteiger partial charge on any atom is 0.455 e. The van der Waals surface area contributed by atoms with Gasteiger partial charge in [0.25, 0.3) is 17.7 Å². The van der Waals surface area contributed by atoms with Gasteiger partial charge in [0.1, 0.15) is 17.4 Å². The minimum absolute atomic E-state index is 0.00993. The zero-order chi connectivity index (χ0) is 60.3. The fourth-order valence-electron chi connectivity index (χ4n) is 8.50. The van der Waals surface area contributed by atoms with Crippen LogP contribution in [0.4, 0.5) is 0 Å². The Morgan fingerprint density at radius 2 is 1.10 bits per heavy atom. The summed E-state index contributed by atoms with van der Waals surface area (Å²) in [6.07, 6.45) is 7.36. The first-order valence-corrected chi connectivity index (χ1v) is 27.4. The van der Waals surface area contributed by atoms with Crippen molar-refractivity contribution in [1.29, 1.82) is 0 Å². The average molecular weight is 1160 g/mol. The van der Waals surface area contributed by atoms with Crippen LogP contribution in [-0.2, 0) is 20.8 Å². The molecule has 25 heteroatoms. The minimum Gasteiger partial charge on any atom is -0.427 e. The molecule has 5 rings (SSSR count). The van der Waals surface area contributed by atoms with E-state index in [-0.39, 0.29) is 77.1 Å². The molecule has 5 aromatic rings. The number of aliphatic hydroxyl groups excluding tert-OH is 1. The number of aliphatic hydroxyl groups is 1. The molecule has 0 bridgehead atoms. The number of carbonyl (C=O) groups excluding carboxylic acids is 6. The summed E-state index contributed by atoms with van der Waals surface area (Å²) in [6.45, 7) is 12.8. The van der Waals surface area contributed by atoms with Crippen LogP contribution in [0, 0.1) is 17.8 Å². The normalized spacial score (nSPS) is 13.2. The van der Waals surface area contributed by atoms with Gasteiger partial charge in [-0.3, -0.25) is 38.7 Å². The third-order valence-electron chi connectivity index (χ3n) is 12.4. The number of nitrogens with zero attached hydrogens (tertiary/aromatic N) is 4. The highest BCUT2D eigenvalue weighted by Crippen LogP contribution is 2.27. The molecule has 0 fully saturated rings. The Balaban J connectivity index is 0.000000322. The van der Waals surface area contributed by atoms with Crippen LogP contribution in [0.15, 0.2) is 110 Å². The van der Waals surface area contributed by atoms with Gasteiger partial charge in [0.2, 0.25) is 0 Å². The van der Waals surface area contributed by atoms with Crippen molar-refractivity contribution in [3.8, 4) is 11.3 Å². The molecule has 0 saturated heterocycles. The molecule has 10 N–H and O–H groups in total. The van der Waals surface area contributed by atoms with Crippen molar-refractivity contribution >= 4 is 79.6 Å². The largest absolute Gasteiger partial charge is 0.455 e. The highest BCUT2D eigenvalue weighted by molar-refractivity contribution is 6.44. The van der Waals surface area contributed by atoms with Gasteiger partial charge in [-0.05, 0) is 74.1 Å². The zero-order valence-corrected chi connectivity index (χ0v) is 48.1. The molecule has 0 spiro atoms. The molecule has 81 heavy (non-hydrogen) atoms. The Labute approximate surface area is 484 Å². The van der Waals surface area contributed by atoms with Crippen molar-refractivity contribution in [2.45, 2.75) is 129 Å². The van der Waals surface area contributed by atoms with E-state index < -0.39 is 80.5 Å². The number of amides is 3. The van der Waals surface area contributed by atoms with Gasteiger partial charge in [0.15, 0.2) is 17.3 Å². The van der Waals surface area contributed by atoms with Crippen molar-refractivity contribution in [3.63, 3.8) is 0 Å². The highest BCUT2D eigenvalue weighted by Gasteiger charge is 2.34. The monoisotopic (exact) mass is 1160 g/mol. The minimum atomic E-state index is -1.66. The van der Waals surface area contributed by atoms with Gasteiger partial charge >= 0.3 is 21.4 Å². The molecule has 0 saturated carbocycles. The third-order valence-corrected chi connectivity index (χ3v) is 13.0. The molecule has 434 valence electrons.